The molecule has 1 aromatic rings. The Morgan fingerprint density at radius 3 is 2.58 bits per heavy atom. The number of ketones is 1. The molecule has 0 aromatic heterocycles. The van der Waals surface area contributed by atoms with Gasteiger partial charge < -0.3 is 4.74 Å². The summed E-state index contributed by atoms with van der Waals surface area (Å²) in [4.78, 5) is 12.9. The predicted octanol–water partition coefficient (Wildman–Crippen LogP) is 4.17. The number of aryl methyl sites for hydroxylation is 1. The molecule has 1 aromatic carbocycles. The first-order valence-corrected chi connectivity index (χ1v) is 7.49. The molecule has 1 fully saturated rings. The van der Waals surface area contributed by atoms with E-state index in [0.717, 1.165) is 37.7 Å². The second-order valence-corrected chi connectivity index (χ2v) is 5.37. The summed E-state index contributed by atoms with van der Waals surface area (Å²) in [5.74, 6) is 0.185. The van der Waals surface area contributed by atoms with Crippen molar-refractivity contribution in [2.45, 2.75) is 58.0 Å². The van der Waals surface area contributed by atoms with E-state index < -0.39 is 5.60 Å². The Hall–Kier alpha value is -1.15. The van der Waals surface area contributed by atoms with Gasteiger partial charge in [-0.15, -0.1) is 0 Å². The molecule has 0 heterocycles. The van der Waals surface area contributed by atoms with Crippen molar-refractivity contribution in [3.05, 3.63) is 35.4 Å². The lowest BCUT2D eigenvalue weighted by atomic mass is 9.79. The fourth-order valence-corrected chi connectivity index (χ4v) is 3.03. The van der Waals surface area contributed by atoms with E-state index >= 15 is 0 Å². The Bertz CT molecular complexity index is 425. The summed E-state index contributed by atoms with van der Waals surface area (Å²) in [6.45, 7) is 4.70. The van der Waals surface area contributed by atoms with Crippen LogP contribution in [0.1, 0.15) is 61.9 Å². The predicted molar refractivity (Wildman–Crippen MR) is 77.6 cm³/mol. The molecule has 1 saturated carbocycles. The molecule has 0 bridgehead atoms. The van der Waals surface area contributed by atoms with Crippen LogP contribution in [0.25, 0.3) is 0 Å². The van der Waals surface area contributed by atoms with E-state index in [2.05, 4.69) is 13.0 Å². The topological polar surface area (TPSA) is 26.3 Å². The number of Topliss-reactive ketones (excluding diaryl/α,β-unsaturated/α-hetero) is 1. The van der Waals surface area contributed by atoms with Crippen LogP contribution in [0.3, 0.4) is 0 Å². The van der Waals surface area contributed by atoms with Crippen LogP contribution in [0, 0.1) is 0 Å². The molecule has 0 radical (unpaired) electrons. The van der Waals surface area contributed by atoms with Gasteiger partial charge in [0.05, 0.1) is 0 Å². The maximum Gasteiger partial charge on any atom is 0.194 e. The van der Waals surface area contributed by atoms with E-state index in [1.807, 2.05) is 25.1 Å². The Morgan fingerprint density at radius 2 is 1.95 bits per heavy atom. The zero-order valence-corrected chi connectivity index (χ0v) is 12.1. The smallest absolute Gasteiger partial charge is 0.194 e. The maximum absolute atomic E-state index is 12.9. The summed E-state index contributed by atoms with van der Waals surface area (Å²) < 4.78 is 5.91. The highest BCUT2D eigenvalue weighted by Gasteiger charge is 2.40. The molecule has 0 N–H and O–H groups in total. The summed E-state index contributed by atoms with van der Waals surface area (Å²) in [6, 6.07) is 8.01. The number of hydrogen-bond acceptors (Lipinski definition) is 2. The molecule has 0 aliphatic heterocycles. The number of carbonyl (C=O) groups is 1. The summed E-state index contributed by atoms with van der Waals surface area (Å²) in [5, 5.41) is 0. The van der Waals surface area contributed by atoms with Gasteiger partial charge >= 0.3 is 0 Å². The van der Waals surface area contributed by atoms with Crippen LogP contribution < -0.4 is 0 Å². The number of rotatable bonds is 5. The van der Waals surface area contributed by atoms with Crippen molar-refractivity contribution in [1.29, 1.82) is 0 Å². The minimum atomic E-state index is -0.556. The molecule has 2 heteroatoms. The molecule has 19 heavy (non-hydrogen) atoms. The average molecular weight is 260 g/mol. The van der Waals surface area contributed by atoms with Crippen molar-refractivity contribution < 1.29 is 9.53 Å². The summed E-state index contributed by atoms with van der Waals surface area (Å²) in [7, 11) is 0. The summed E-state index contributed by atoms with van der Waals surface area (Å²) in [5.41, 5.74) is 1.47. The van der Waals surface area contributed by atoms with Gasteiger partial charge in [0.25, 0.3) is 0 Å². The minimum absolute atomic E-state index is 0.185. The first kappa shape index (κ1) is 14.3. The molecule has 1 aliphatic carbocycles. The van der Waals surface area contributed by atoms with Crippen LogP contribution in [0.4, 0.5) is 0 Å². The van der Waals surface area contributed by atoms with Gasteiger partial charge in [-0.3, -0.25) is 4.79 Å². The number of ether oxygens (including phenoxy) is 1. The summed E-state index contributed by atoms with van der Waals surface area (Å²) in [6.07, 6.45) is 6.12. The zero-order chi connectivity index (χ0) is 13.7. The molecule has 2 nitrogen and oxygen atoms in total. The molecular formula is C17H24O2. The van der Waals surface area contributed by atoms with Crippen LogP contribution in [0.2, 0.25) is 0 Å². The monoisotopic (exact) mass is 260 g/mol. The maximum atomic E-state index is 12.9. The molecular weight excluding hydrogens is 236 g/mol. The lowest BCUT2D eigenvalue weighted by Crippen LogP contribution is -2.43. The zero-order valence-electron chi connectivity index (χ0n) is 12.1. The SMILES string of the molecule is CCOC1(C(=O)c2cccc(CC)c2)CCCCC1. The molecule has 104 valence electrons. The van der Waals surface area contributed by atoms with Crippen LogP contribution in [-0.4, -0.2) is 18.0 Å². The second kappa shape index (κ2) is 6.33. The highest BCUT2D eigenvalue weighted by molar-refractivity contribution is 6.02. The molecule has 0 unspecified atom stereocenters. The highest BCUT2D eigenvalue weighted by atomic mass is 16.5. The van der Waals surface area contributed by atoms with Crippen molar-refractivity contribution in [2.75, 3.05) is 6.61 Å². The molecule has 0 amide bonds. The third kappa shape index (κ3) is 3.06. The van der Waals surface area contributed by atoms with Gasteiger partial charge in [0.2, 0.25) is 0 Å². The van der Waals surface area contributed by atoms with Gasteiger partial charge in [-0.05, 0) is 37.8 Å². The van der Waals surface area contributed by atoms with Crippen LogP contribution in [-0.2, 0) is 11.2 Å². The fraction of sp³-hybridized carbons (Fsp3) is 0.588. The lowest BCUT2D eigenvalue weighted by molar-refractivity contribution is -0.0411. The lowest BCUT2D eigenvalue weighted by Gasteiger charge is -2.35. The van der Waals surface area contributed by atoms with E-state index in [-0.39, 0.29) is 5.78 Å². The minimum Gasteiger partial charge on any atom is -0.367 e. The van der Waals surface area contributed by atoms with E-state index in [1.165, 1.54) is 12.0 Å². The third-order valence-corrected chi connectivity index (χ3v) is 4.09. The third-order valence-electron chi connectivity index (χ3n) is 4.09. The molecule has 0 spiro atoms. The van der Waals surface area contributed by atoms with Gasteiger partial charge in [0, 0.05) is 12.2 Å². The molecule has 0 saturated heterocycles. The van der Waals surface area contributed by atoms with Gasteiger partial charge in [0.1, 0.15) is 5.60 Å². The van der Waals surface area contributed by atoms with Crippen molar-refractivity contribution in [3.8, 4) is 0 Å². The highest BCUT2D eigenvalue weighted by Crippen LogP contribution is 2.34. The molecule has 1 aliphatic rings. The number of hydrogen-bond donors (Lipinski definition) is 0. The van der Waals surface area contributed by atoms with Crippen molar-refractivity contribution in [2.24, 2.45) is 0 Å². The Labute approximate surface area is 116 Å². The first-order chi connectivity index (χ1) is 9.22. The average Bonchev–Trinajstić information content (AvgIpc) is 2.48. The van der Waals surface area contributed by atoms with Crippen molar-refractivity contribution in [1.82, 2.24) is 0 Å². The van der Waals surface area contributed by atoms with Gasteiger partial charge in [-0.1, -0.05) is 44.4 Å². The van der Waals surface area contributed by atoms with Gasteiger partial charge in [-0.25, -0.2) is 0 Å². The van der Waals surface area contributed by atoms with Gasteiger partial charge in [-0.2, -0.15) is 0 Å². The van der Waals surface area contributed by atoms with E-state index in [0.29, 0.717) is 6.61 Å². The fourth-order valence-electron chi connectivity index (χ4n) is 3.03. The van der Waals surface area contributed by atoms with Gasteiger partial charge in [0.15, 0.2) is 5.78 Å². The van der Waals surface area contributed by atoms with Crippen LogP contribution >= 0.6 is 0 Å². The Balaban J connectivity index is 2.27. The van der Waals surface area contributed by atoms with Crippen molar-refractivity contribution >= 4 is 5.78 Å². The number of benzene rings is 1. The quantitative estimate of drug-likeness (QED) is 0.743. The van der Waals surface area contributed by atoms with Crippen LogP contribution in [0.15, 0.2) is 24.3 Å². The largest absolute Gasteiger partial charge is 0.367 e. The normalized spacial score (nSPS) is 18.2. The second-order valence-electron chi connectivity index (χ2n) is 5.37. The Morgan fingerprint density at radius 1 is 1.21 bits per heavy atom. The van der Waals surface area contributed by atoms with Crippen LogP contribution in [0.5, 0.6) is 0 Å². The van der Waals surface area contributed by atoms with Crippen molar-refractivity contribution in [3.63, 3.8) is 0 Å². The van der Waals surface area contributed by atoms with E-state index in [9.17, 15) is 4.79 Å². The van der Waals surface area contributed by atoms with E-state index in [1.54, 1.807) is 0 Å². The van der Waals surface area contributed by atoms with E-state index in [4.69, 9.17) is 4.74 Å². The first-order valence-electron chi connectivity index (χ1n) is 7.49. The Kier molecular flexibility index (Phi) is 4.76. The molecule has 2 rings (SSSR count). The summed E-state index contributed by atoms with van der Waals surface area (Å²) >= 11 is 0. The standard InChI is InChI=1S/C17H24O2/c1-3-14-9-8-10-15(13-14)16(18)17(19-4-2)11-6-5-7-12-17/h8-10,13H,3-7,11-12H2,1-2H3. The number of carbonyl (C=O) groups excluding carboxylic acids is 1. The molecule has 0 atom stereocenters.